The summed E-state index contributed by atoms with van der Waals surface area (Å²) in [6.45, 7) is 0. The number of nitrogens with one attached hydrogen (secondary N) is 1. The van der Waals surface area contributed by atoms with Crippen molar-refractivity contribution >= 4 is 12.1 Å². The van der Waals surface area contributed by atoms with E-state index in [4.69, 9.17) is 0 Å². The fraction of sp³-hybridized carbons (Fsp3) is 0. The van der Waals surface area contributed by atoms with Crippen LogP contribution < -0.4 is 5.43 Å². The predicted octanol–water partition coefficient (Wildman–Crippen LogP) is 1.84. The first-order chi connectivity index (χ1) is 8.36. The van der Waals surface area contributed by atoms with Crippen molar-refractivity contribution in [3.05, 3.63) is 66.0 Å². The first-order valence-electron chi connectivity index (χ1n) is 5.16. The predicted molar refractivity (Wildman–Crippen MR) is 65.7 cm³/mol. The van der Waals surface area contributed by atoms with Gasteiger partial charge in [-0.3, -0.25) is 9.78 Å². The summed E-state index contributed by atoms with van der Waals surface area (Å²) in [4.78, 5) is 15.6. The Balaban J connectivity index is 0.00000162. The molecule has 0 saturated carbocycles. The molecule has 1 aromatic carbocycles. The van der Waals surface area contributed by atoms with E-state index in [1.165, 1.54) is 6.21 Å². The molecule has 92 valence electrons. The van der Waals surface area contributed by atoms with Crippen LogP contribution in [0.2, 0.25) is 0 Å². The van der Waals surface area contributed by atoms with Crippen LogP contribution in [0.3, 0.4) is 0 Å². The van der Waals surface area contributed by atoms with Crippen LogP contribution in [-0.2, 0) is 21.1 Å². The van der Waals surface area contributed by atoms with E-state index in [2.05, 4.69) is 15.5 Å². The first kappa shape index (κ1) is 14.3. The van der Waals surface area contributed by atoms with Crippen molar-refractivity contribution in [3.8, 4) is 0 Å². The van der Waals surface area contributed by atoms with Crippen LogP contribution in [0.15, 0.2) is 59.8 Å². The molecule has 0 spiro atoms. The maximum Gasteiger partial charge on any atom is 2.00 e. The molecule has 0 aliphatic rings. The first-order valence-corrected chi connectivity index (χ1v) is 5.16. The third-order valence-corrected chi connectivity index (χ3v) is 2.09. The zero-order valence-electron chi connectivity index (χ0n) is 9.39. The van der Waals surface area contributed by atoms with Gasteiger partial charge in [0.1, 0.15) is 0 Å². The fourth-order valence-corrected chi connectivity index (χ4v) is 1.26. The molecule has 1 N–H and O–H groups in total. The molecule has 5 heteroatoms. The molecule has 0 fully saturated rings. The van der Waals surface area contributed by atoms with Crippen LogP contribution in [0.4, 0.5) is 0 Å². The second kappa shape index (κ2) is 7.51. The molecule has 1 amide bonds. The van der Waals surface area contributed by atoms with E-state index in [9.17, 15) is 4.79 Å². The SMILES string of the molecule is O=C(NN=Cc1ccccn1)c1ccccc1.[Pt+2]. The van der Waals surface area contributed by atoms with Crippen LogP contribution in [0.5, 0.6) is 0 Å². The summed E-state index contributed by atoms with van der Waals surface area (Å²) in [5.41, 5.74) is 3.71. The molecule has 0 saturated heterocycles. The number of hydrazone groups is 1. The number of carbonyl (C=O) groups excluding carboxylic acids is 1. The van der Waals surface area contributed by atoms with Gasteiger partial charge in [-0.15, -0.1) is 0 Å². The second-order valence-electron chi connectivity index (χ2n) is 3.32. The number of aromatic nitrogens is 1. The Morgan fingerprint density at radius 1 is 1.11 bits per heavy atom. The molecule has 2 aromatic rings. The van der Waals surface area contributed by atoms with E-state index in [1.807, 2.05) is 18.2 Å². The molecule has 4 nitrogen and oxygen atoms in total. The number of carbonyl (C=O) groups is 1. The molecule has 0 unspecified atom stereocenters. The Labute approximate surface area is 119 Å². The van der Waals surface area contributed by atoms with Gasteiger partial charge in [-0.05, 0) is 24.3 Å². The van der Waals surface area contributed by atoms with Gasteiger partial charge in [-0.2, -0.15) is 5.10 Å². The third kappa shape index (κ3) is 4.22. The fourth-order valence-electron chi connectivity index (χ4n) is 1.26. The molecular formula is C13H11N3OPt+2. The van der Waals surface area contributed by atoms with Gasteiger partial charge in [0.15, 0.2) is 0 Å². The Morgan fingerprint density at radius 2 is 1.83 bits per heavy atom. The van der Waals surface area contributed by atoms with Crippen molar-refractivity contribution in [2.75, 3.05) is 0 Å². The summed E-state index contributed by atoms with van der Waals surface area (Å²) < 4.78 is 0. The third-order valence-electron chi connectivity index (χ3n) is 2.09. The number of pyridine rings is 1. The minimum atomic E-state index is -0.238. The molecule has 18 heavy (non-hydrogen) atoms. The summed E-state index contributed by atoms with van der Waals surface area (Å²) in [6.07, 6.45) is 3.17. The van der Waals surface area contributed by atoms with E-state index in [0.29, 0.717) is 11.3 Å². The summed E-state index contributed by atoms with van der Waals surface area (Å²) in [5.74, 6) is -0.238. The van der Waals surface area contributed by atoms with Crippen LogP contribution in [0.25, 0.3) is 0 Å². The van der Waals surface area contributed by atoms with E-state index in [1.54, 1.807) is 36.5 Å². The molecule has 2 rings (SSSR count). The van der Waals surface area contributed by atoms with Crippen molar-refractivity contribution < 1.29 is 25.9 Å². The monoisotopic (exact) mass is 420 g/mol. The summed E-state index contributed by atoms with van der Waals surface area (Å²) in [7, 11) is 0. The summed E-state index contributed by atoms with van der Waals surface area (Å²) >= 11 is 0. The number of hydrogen-bond donors (Lipinski definition) is 1. The molecule has 1 heterocycles. The zero-order valence-corrected chi connectivity index (χ0v) is 11.7. The molecule has 0 atom stereocenters. The molecular weight excluding hydrogens is 409 g/mol. The van der Waals surface area contributed by atoms with Crippen molar-refractivity contribution in [2.24, 2.45) is 5.10 Å². The Kier molecular flexibility index (Phi) is 5.95. The Hall–Kier alpha value is -1.80. The average Bonchev–Trinajstić information content (AvgIpc) is 2.41. The molecule has 0 bridgehead atoms. The van der Waals surface area contributed by atoms with Crippen molar-refractivity contribution in [1.82, 2.24) is 10.4 Å². The number of amides is 1. The van der Waals surface area contributed by atoms with E-state index >= 15 is 0 Å². The van der Waals surface area contributed by atoms with Gasteiger partial charge in [0.05, 0.1) is 11.9 Å². The summed E-state index contributed by atoms with van der Waals surface area (Å²) in [5, 5.41) is 3.83. The van der Waals surface area contributed by atoms with Crippen LogP contribution in [0.1, 0.15) is 16.1 Å². The molecule has 0 aliphatic heterocycles. The largest absolute Gasteiger partial charge is 2.00 e. The van der Waals surface area contributed by atoms with Crippen molar-refractivity contribution in [1.29, 1.82) is 0 Å². The van der Waals surface area contributed by atoms with Crippen molar-refractivity contribution in [2.45, 2.75) is 0 Å². The second-order valence-corrected chi connectivity index (χ2v) is 3.32. The van der Waals surface area contributed by atoms with Crippen LogP contribution in [-0.4, -0.2) is 17.1 Å². The van der Waals surface area contributed by atoms with Crippen LogP contribution in [0, 0.1) is 0 Å². The van der Waals surface area contributed by atoms with Gasteiger partial charge >= 0.3 is 21.1 Å². The number of rotatable bonds is 3. The van der Waals surface area contributed by atoms with Gasteiger partial charge in [-0.25, -0.2) is 5.43 Å². The van der Waals surface area contributed by atoms with E-state index in [0.717, 1.165) is 0 Å². The van der Waals surface area contributed by atoms with Crippen molar-refractivity contribution in [3.63, 3.8) is 0 Å². The molecule has 0 radical (unpaired) electrons. The smallest absolute Gasteiger partial charge is 0.267 e. The molecule has 0 aliphatic carbocycles. The van der Waals surface area contributed by atoms with Gasteiger partial charge in [0.2, 0.25) is 0 Å². The van der Waals surface area contributed by atoms with E-state index in [-0.39, 0.29) is 27.0 Å². The number of benzene rings is 1. The van der Waals surface area contributed by atoms with Gasteiger partial charge in [0.25, 0.3) is 5.91 Å². The van der Waals surface area contributed by atoms with Crippen LogP contribution >= 0.6 is 0 Å². The van der Waals surface area contributed by atoms with E-state index < -0.39 is 0 Å². The Bertz CT molecular complexity index is 514. The standard InChI is InChI=1S/C13H11N3O.Pt/c17-13(11-6-2-1-3-7-11)16-15-10-12-8-4-5-9-14-12;/h1-10H,(H,16,17);/q;+2. The zero-order chi connectivity index (χ0) is 11.9. The number of hydrogen-bond acceptors (Lipinski definition) is 3. The average molecular weight is 420 g/mol. The number of nitrogens with zero attached hydrogens (tertiary/aromatic N) is 2. The summed E-state index contributed by atoms with van der Waals surface area (Å²) in [6, 6.07) is 14.4. The minimum Gasteiger partial charge on any atom is -0.267 e. The topological polar surface area (TPSA) is 54.4 Å². The van der Waals surface area contributed by atoms with Gasteiger partial charge in [0, 0.05) is 11.8 Å². The quantitative estimate of drug-likeness (QED) is 0.609. The normalized spacial score (nSPS) is 9.78. The van der Waals surface area contributed by atoms with Gasteiger partial charge < -0.3 is 0 Å². The maximum absolute atomic E-state index is 11.6. The minimum absolute atomic E-state index is 0. The van der Waals surface area contributed by atoms with Gasteiger partial charge in [-0.1, -0.05) is 24.3 Å². The molecule has 1 aromatic heterocycles. The Morgan fingerprint density at radius 3 is 2.50 bits per heavy atom. The maximum atomic E-state index is 11.6.